The van der Waals surface area contributed by atoms with Gasteiger partial charge in [0.2, 0.25) is 5.56 Å². The molecule has 17 heavy (non-hydrogen) atoms. The molecule has 0 aliphatic rings. The topological polar surface area (TPSA) is 90.6 Å². The molecule has 0 spiro atoms. The number of aromatic nitrogens is 3. The number of rotatable bonds is 3. The molecule has 2 aromatic heterocycles. The van der Waals surface area contributed by atoms with Crippen molar-refractivity contribution in [3.05, 3.63) is 51.7 Å². The Labute approximate surface area is 97.1 Å². The zero-order valence-electron chi connectivity index (χ0n) is 9.28. The van der Waals surface area contributed by atoms with Crippen molar-refractivity contribution in [2.45, 2.75) is 13.5 Å². The van der Waals surface area contributed by atoms with Crippen molar-refractivity contribution < 1.29 is 4.79 Å². The summed E-state index contributed by atoms with van der Waals surface area (Å²) in [7, 11) is 0. The summed E-state index contributed by atoms with van der Waals surface area (Å²) in [6, 6.07) is 2.80. The SMILES string of the molecule is Cc1[nH]ncc1CNC(=O)c1ccc(=O)[nH]c1. The molecule has 0 saturated carbocycles. The summed E-state index contributed by atoms with van der Waals surface area (Å²) < 4.78 is 0. The first kappa shape index (κ1) is 11.1. The Morgan fingerprint density at radius 1 is 1.47 bits per heavy atom. The average molecular weight is 232 g/mol. The third-order valence-electron chi connectivity index (χ3n) is 2.42. The Balaban J connectivity index is 2.00. The van der Waals surface area contributed by atoms with Crippen molar-refractivity contribution in [2.75, 3.05) is 0 Å². The molecule has 0 aliphatic heterocycles. The predicted molar refractivity (Wildman–Crippen MR) is 61.6 cm³/mol. The first-order chi connectivity index (χ1) is 8.16. The van der Waals surface area contributed by atoms with Crippen molar-refractivity contribution >= 4 is 5.91 Å². The van der Waals surface area contributed by atoms with Gasteiger partial charge in [0.15, 0.2) is 0 Å². The van der Waals surface area contributed by atoms with Crippen LogP contribution < -0.4 is 10.9 Å². The van der Waals surface area contributed by atoms with Crippen LogP contribution in [0, 0.1) is 6.92 Å². The van der Waals surface area contributed by atoms with E-state index >= 15 is 0 Å². The molecular formula is C11H12N4O2. The van der Waals surface area contributed by atoms with Gasteiger partial charge in [0.1, 0.15) is 0 Å². The molecule has 88 valence electrons. The predicted octanol–water partition coefficient (Wildman–Crippen LogP) is 0.336. The molecule has 0 radical (unpaired) electrons. The number of aryl methyl sites for hydroxylation is 1. The van der Waals surface area contributed by atoms with Crippen LogP contribution in [0.15, 0.2) is 29.3 Å². The number of hydrogen-bond acceptors (Lipinski definition) is 3. The van der Waals surface area contributed by atoms with Crippen LogP contribution in [0.25, 0.3) is 0 Å². The molecule has 0 saturated heterocycles. The third-order valence-corrected chi connectivity index (χ3v) is 2.42. The van der Waals surface area contributed by atoms with Gasteiger partial charge in [-0.2, -0.15) is 5.10 Å². The number of carbonyl (C=O) groups excluding carboxylic acids is 1. The lowest BCUT2D eigenvalue weighted by Crippen LogP contribution is -2.23. The van der Waals surface area contributed by atoms with Gasteiger partial charge in [-0.25, -0.2) is 0 Å². The molecule has 2 aromatic rings. The summed E-state index contributed by atoms with van der Waals surface area (Å²) in [6.07, 6.45) is 3.06. The second kappa shape index (κ2) is 4.65. The molecule has 0 aliphatic carbocycles. The lowest BCUT2D eigenvalue weighted by Gasteiger charge is -2.03. The third kappa shape index (κ3) is 2.60. The molecule has 3 N–H and O–H groups in total. The second-order valence-corrected chi connectivity index (χ2v) is 3.64. The van der Waals surface area contributed by atoms with Gasteiger partial charge >= 0.3 is 0 Å². The van der Waals surface area contributed by atoms with Crippen LogP contribution in [0.2, 0.25) is 0 Å². The number of hydrogen-bond donors (Lipinski definition) is 3. The van der Waals surface area contributed by atoms with E-state index in [4.69, 9.17) is 0 Å². The molecular weight excluding hydrogens is 220 g/mol. The summed E-state index contributed by atoms with van der Waals surface area (Å²) in [5, 5.41) is 9.39. The van der Waals surface area contributed by atoms with E-state index in [2.05, 4.69) is 20.5 Å². The minimum absolute atomic E-state index is 0.229. The van der Waals surface area contributed by atoms with Gasteiger partial charge in [-0.15, -0.1) is 0 Å². The van der Waals surface area contributed by atoms with E-state index < -0.39 is 0 Å². The minimum atomic E-state index is -0.234. The standard InChI is InChI=1S/C11H12N4O2/c1-7-9(6-14-15-7)5-13-11(17)8-2-3-10(16)12-4-8/h2-4,6H,5H2,1H3,(H,12,16)(H,13,17)(H,14,15). The van der Waals surface area contributed by atoms with Crippen LogP contribution in [0.3, 0.4) is 0 Å². The molecule has 0 unspecified atom stereocenters. The highest BCUT2D eigenvalue weighted by Gasteiger charge is 2.06. The van der Waals surface area contributed by atoms with E-state index in [1.54, 1.807) is 6.20 Å². The molecule has 6 nitrogen and oxygen atoms in total. The largest absolute Gasteiger partial charge is 0.348 e. The van der Waals surface area contributed by atoms with Gasteiger partial charge in [-0.1, -0.05) is 0 Å². The molecule has 2 heterocycles. The van der Waals surface area contributed by atoms with E-state index in [1.807, 2.05) is 6.92 Å². The molecule has 1 amide bonds. The fraction of sp³-hybridized carbons (Fsp3) is 0.182. The maximum Gasteiger partial charge on any atom is 0.253 e. The van der Waals surface area contributed by atoms with Crippen molar-refractivity contribution in [2.24, 2.45) is 0 Å². The number of nitrogens with one attached hydrogen (secondary N) is 3. The van der Waals surface area contributed by atoms with E-state index in [9.17, 15) is 9.59 Å². The highest BCUT2D eigenvalue weighted by molar-refractivity contribution is 5.93. The Kier molecular flexibility index (Phi) is 3.04. The zero-order chi connectivity index (χ0) is 12.3. The number of carbonyl (C=O) groups is 1. The normalized spacial score (nSPS) is 10.2. The maximum atomic E-state index is 11.7. The highest BCUT2D eigenvalue weighted by atomic mass is 16.1. The Morgan fingerprint density at radius 3 is 2.88 bits per heavy atom. The molecule has 0 aromatic carbocycles. The first-order valence-corrected chi connectivity index (χ1v) is 5.12. The highest BCUT2D eigenvalue weighted by Crippen LogP contribution is 2.02. The average Bonchev–Trinajstić information content (AvgIpc) is 2.73. The fourth-order valence-corrected chi connectivity index (χ4v) is 1.38. The summed E-state index contributed by atoms with van der Waals surface area (Å²) in [5.41, 5.74) is 2.05. The minimum Gasteiger partial charge on any atom is -0.348 e. The van der Waals surface area contributed by atoms with E-state index in [0.29, 0.717) is 12.1 Å². The van der Waals surface area contributed by atoms with Gasteiger partial charge in [0.25, 0.3) is 5.91 Å². The van der Waals surface area contributed by atoms with Crippen LogP contribution >= 0.6 is 0 Å². The smallest absolute Gasteiger partial charge is 0.253 e. The van der Waals surface area contributed by atoms with E-state index in [-0.39, 0.29) is 11.5 Å². The van der Waals surface area contributed by atoms with Gasteiger partial charge in [0, 0.05) is 30.1 Å². The summed E-state index contributed by atoms with van der Waals surface area (Å²) in [5.74, 6) is -0.234. The maximum absolute atomic E-state index is 11.7. The summed E-state index contributed by atoms with van der Waals surface area (Å²) in [6.45, 7) is 2.29. The monoisotopic (exact) mass is 232 g/mol. The zero-order valence-corrected chi connectivity index (χ0v) is 9.28. The van der Waals surface area contributed by atoms with Crippen LogP contribution in [0.5, 0.6) is 0 Å². The van der Waals surface area contributed by atoms with E-state index in [0.717, 1.165) is 11.3 Å². The number of H-pyrrole nitrogens is 2. The van der Waals surface area contributed by atoms with Gasteiger partial charge in [-0.05, 0) is 13.0 Å². The number of pyridine rings is 1. The summed E-state index contributed by atoms with van der Waals surface area (Å²) in [4.78, 5) is 25.0. The Bertz CT molecular complexity index is 565. The van der Waals surface area contributed by atoms with Crippen LogP contribution in [-0.4, -0.2) is 21.1 Å². The van der Waals surface area contributed by atoms with Crippen molar-refractivity contribution in [3.63, 3.8) is 0 Å². The molecule has 0 bridgehead atoms. The van der Waals surface area contributed by atoms with Crippen LogP contribution in [0.1, 0.15) is 21.6 Å². The second-order valence-electron chi connectivity index (χ2n) is 3.64. The number of aromatic amines is 2. The van der Waals surface area contributed by atoms with Crippen LogP contribution in [0.4, 0.5) is 0 Å². The number of nitrogens with zero attached hydrogens (tertiary/aromatic N) is 1. The van der Waals surface area contributed by atoms with Crippen molar-refractivity contribution in [3.8, 4) is 0 Å². The quantitative estimate of drug-likeness (QED) is 0.712. The molecule has 2 rings (SSSR count). The van der Waals surface area contributed by atoms with Crippen molar-refractivity contribution in [1.29, 1.82) is 0 Å². The Morgan fingerprint density at radius 2 is 2.29 bits per heavy atom. The summed E-state index contributed by atoms with van der Waals surface area (Å²) >= 11 is 0. The lowest BCUT2D eigenvalue weighted by molar-refractivity contribution is 0.0950. The van der Waals surface area contributed by atoms with Gasteiger partial charge < -0.3 is 10.3 Å². The van der Waals surface area contributed by atoms with Gasteiger partial charge in [0.05, 0.1) is 11.8 Å². The molecule has 0 fully saturated rings. The van der Waals surface area contributed by atoms with Crippen molar-refractivity contribution in [1.82, 2.24) is 20.5 Å². The fourth-order valence-electron chi connectivity index (χ4n) is 1.38. The molecule has 6 heteroatoms. The number of amides is 1. The van der Waals surface area contributed by atoms with E-state index in [1.165, 1.54) is 18.3 Å². The molecule has 0 atom stereocenters. The Hall–Kier alpha value is -2.37. The lowest BCUT2D eigenvalue weighted by atomic mass is 10.2. The first-order valence-electron chi connectivity index (χ1n) is 5.12. The van der Waals surface area contributed by atoms with Crippen LogP contribution in [-0.2, 0) is 6.54 Å². The van der Waals surface area contributed by atoms with Gasteiger partial charge in [-0.3, -0.25) is 14.7 Å².